The lowest BCUT2D eigenvalue weighted by atomic mass is 10.1. The predicted octanol–water partition coefficient (Wildman–Crippen LogP) is 2.13. The highest BCUT2D eigenvalue weighted by Crippen LogP contribution is 2.24. The number of nitrogens with zero attached hydrogens (tertiary/aromatic N) is 2. The predicted molar refractivity (Wildman–Crippen MR) is 85.3 cm³/mol. The molecule has 0 aromatic carbocycles. The molecule has 1 aromatic rings. The van der Waals surface area contributed by atoms with Crippen molar-refractivity contribution in [1.82, 2.24) is 9.47 Å². The van der Waals surface area contributed by atoms with Crippen molar-refractivity contribution in [3.05, 3.63) is 27.7 Å². The first kappa shape index (κ1) is 18.2. The topological polar surface area (TPSA) is 82.8 Å². The van der Waals surface area contributed by atoms with Crippen molar-refractivity contribution in [3.8, 4) is 5.75 Å². The van der Waals surface area contributed by atoms with Gasteiger partial charge in [-0.15, -0.1) is 0 Å². The Labute approximate surface area is 131 Å². The van der Waals surface area contributed by atoms with E-state index in [0.717, 1.165) is 13.1 Å². The lowest BCUT2D eigenvalue weighted by Gasteiger charge is -2.27. The molecule has 6 nitrogen and oxygen atoms in total. The molecule has 1 aromatic heterocycles. The van der Waals surface area contributed by atoms with Gasteiger partial charge in [0.15, 0.2) is 5.75 Å². The quantitative estimate of drug-likeness (QED) is 0.768. The highest BCUT2D eigenvalue weighted by Gasteiger charge is 2.25. The number of hydrogen-bond acceptors (Lipinski definition) is 4. The minimum atomic E-state index is -0.950. The lowest BCUT2D eigenvalue weighted by molar-refractivity contribution is -0.141. The molecule has 0 bridgehead atoms. The average molecular weight is 310 g/mol. The second-order valence-corrected chi connectivity index (χ2v) is 5.42. The van der Waals surface area contributed by atoms with E-state index in [1.165, 1.54) is 6.07 Å². The maximum absolute atomic E-state index is 11.9. The molecule has 1 rings (SSSR count). The summed E-state index contributed by atoms with van der Waals surface area (Å²) < 4.78 is 1.60. The lowest BCUT2D eigenvalue weighted by Crippen LogP contribution is -2.31. The van der Waals surface area contributed by atoms with Gasteiger partial charge in [-0.1, -0.05) is 27.2 Å². The van der Waals surface area contributed by atoms with E-state index in [1.807, 2.05) is 25.7 Å². The van der Waals surface area contributed by atoms with Crippen LogP contribution in [0.2, 0.25) is 0 Å². The van der Waals surface area contributed by atoms with Crippen LogP contribution in [0.4, 0.5) is 0 Å². The number of aliphatic carboxylic acids is 1. The summed E-state index contributed by atoms with van der Waals surface area (Å²) in [4.78, 5) is 25.6. The van der Waals surface area contributed by atoms with Gasteiger partial charge in [0.1, 0.15) is 6.04 Å². The molecular formula is C16H26N2O4. The Morgan fingerprint density at radius 2 is 1.91 bits per heavy atom. The van der Waals surface area contributed by atoms with Gasteiger partial charge in [-0.2, -0.15) is 0 Å². The van der Waals surface area contributed by atoms with E-state index in [2.05, 4.69) is 0 Å². The zero-order valence-electron chi connectivity index (χ0n) is 13.8. The summed E-state index contributed by atoms with van der Waals surface area (Å²) >= 11 is 0. The molecule has 6 heteroatoms. The first-order valence-corrected chi connectivity index (χ1v) is 7.76. The van der Waals surface area contributed by atoms with E-state index in [4.69, 9.17) is 0 Å². The Morgan fingerprint density at radius 3 is 2.36 bits per heavy atom. The summed E-state index contributed by atoms with van der Waals surface area (Å²) in [7, 11) is 0. The van der Waals surface area contributed by atoms with Crippen LogP contribution in [-0.2, 0) is 11.3 Å². The van der Waals surface area contributed by atoms with Crippen molar-refractivity contribution in [2.45, 2.75) is 53.1 Å². The Balaban J connectivity index is 3.50. The number of carbonyl (C=O) groups is 1. The van der Waals surface area contributed by atoms with Crippen molar-refractivity contribution < 1.29 is 15.0 Å². The second-order valence-electron chi connectivity index (χ2n) is 5.42. The molecular weight excluding hydrogens is 284 g/mol. The average Bonchev–Trinajstić information content (AvgIpc) is 2.47. The highest BCUT2D eigenvalue weighted by molar-refractivity contribution is 5.72. The zero-order valence-corrected chi connectivity index (χ0v) is 13.8. The third-order valence-corrected chi connectivity index (χ3v) is 3.94. The van der Waals surface area contributed by atoms with Crippen LogP contribution in [0.5, 0.6) is 5.75 Å². The van der Waals surface area contributed by atoms with Crippen molar-refractivity contribution in [3.63, 3.8) is 0 Å². The maximum atomic E-state index is 11.9. The van der Waals surface area contributed by atoms with Gasteiger partial charge >= 0.3 is 5.97 Å². The van der Waals surface area contributed by atoms with Gasteiger partial charge in [0.25, 0.3) is 0 Å². The summed E-state index contributed by atoms with van der Waals surface area (Å²) in [6.07, 6.45) is 1.15. The molecule has 22 heavy (non-hydrogen) atoms. The van der Waals surface area contributed by atoms with Gasteiger partial charge in [-0.25, -0.2) is 4.79 Å². The minimum Gasteiger partial charge on any atom is -0.503 e. The second kappa shape index (κ2) is 7.98. The number of aromatic nitrogens is 1. The molecule has 1 heterocycles. The molecule has 124 valence electrons. The van der Waals surface area contributed by atoms with Gasteiger partial charge in [0, 0.05) is 18.3 Å². The summed E-state index contributed by atoms with van der Waals surface area (Å²) in [6.45, 7) is 9.45. The van der Waals surface area contributed by atoms with Gasteiger partial charge in [-0.3, -0.25) is 9.69 Å². The third-order valence-electron chi connectivity index (χ3n) is 3.94. The van der Waals surface area contributed by atoms with E-state index < -0.39 is 17.4 Å². The number of carboxylic acid groups (broad SMARTS) is 1. The summed E-state index contributed by atoms with van der Waals surface area (Å²) in [6, 6.07) is 0.522. The Kier molecular flexibility index (Phi) is 6.61. The fourth-order valence-corrected chi connectivity index (χ4v) is 2.68. The number of pyridine rings is 1. The van der Waals surface area contributed by atoms with E-state index in [1.54, 1.807) is 11.5 Å². The van der Waals surface area contributed by atoms with E-state index >= 15 is 0 Å². The zero-order chi connectivity index (χ0) is 16.9. The van der Waals surface area contributed by atoms with Crippen molar-refractivity contribution in [2.75, 3.05) is 13.1 Å². The van der Waals surface area contributed by atoms with Gasteiger partial charge in [0.05, 0.1) is 5.69 Å². The van der Waals surface area contributed by atoms with Crippen LogP contribution in [0, 0.1) is 6.92 Å². The molecule has 2 N–H and O–H groups in total. The standard InChI is InChI=1S/C16H26N2O4/c1-5-8-12(16(21)22)18-11(4)9-14(19)15(20)13(18)10-17(6-2)7-3/h9,12,20H,5-8,10H2,1-4H3,(H,21,22). The fraction of sp³-hybridized carbons (Fsp3) is 0.625. The monoisotopic (exact) mass is 310 g/mol. The Hall–Kier alpha value is -1.82. The van der Waals surface area contributed by atoms with Crippen LogP contribution >= 0.6 is 0 Å². The molecule has 0 aliphatic carbocycles. The van der Waals surface area contributed by atoms with Gasteiger partial charge < -0.3 is 14.8 Å². The third kappa shape index (κ3) is 3.88. The molecule has 0 amide bonds. The van der Waals surface area contributed by atoms with Crippen LogP contribution in [0.1, 0.15) is 51.0 Å². The summed E-state index contributed by atoms with van der Waals surface area (Å²) in [5.41, 5.74) is 0.483. The number of aryl methyl sites for hydroxylation is 1. The van der Waals surface area contributed by atoms with E-state index in [9.17, 15) is 19.8 Å². The van der Waals surface area contributed by atoms with Crippen LogP contribution in [0.25, 0.3) is 0 Å². The minimum absolute atomic E-state index is 0.347. The molecule has 0 aliphatic heterocycles. The smallest absolute Gasteiger partial charge is 0.326 e. The largest absolute Gasteiger partial charge is 0.503 e. The fourth-order valence-electron chi connectivity index (χ4n) is 2.68. The molecule has 0 saturated heterocycles. The molecule has 0 radical (unpaired) electrons. The molecule has 0 spiro atoms. The van der Waals surface area contributed by atoms with Crippen molar-refractivity contribution >= 4 is 5.97 Å². The van der Waals surface area contributed by atoms with Crippen LogP contribution in [0.3, 0.4) is 0 Å². The molecule has 0 fully saturated rings. The number of aromatic hydroxyl groups is 1. The van der Waals surface area contributed by atoms with Crippen molar-refractivity contribution in [2.24, 2.45) is 0 Å². The molecule has 0 aliphatic rings. The SMILES string of the molecule is CCCC(C(=O)O)n1c(C)cc(=O)c(O)c1CN(CC)CC. The maximum Gasteiger partial charge on any atom is 0.326 e. The number of rotatable bonds is 8. The van der Waals surface area contributed by atoms with Crippen LogP contribution in [0.15, 0.2) is 10.9 Å². The first-order chi connectivity index (χ1) is 10.4. The van der Waals surface area contributed by atoms with Crippen molar-refractivity contribution in [1.29, 1.82) is 0 Å². The summed E-state index contributed by atoms with van der Waals surface area (Å²) in [5.74, 6) is -1.30. The Morgan fingerprint density at radius 1 is 1.32 bits per heavy atom. The Bertz CT molecular complexity index is 576. The van der Waals surface area contributed by atoms with E-state index in [-0.39, 0.29) is 5.75 Å². The molecule has 1 atom stereocenters. The first-order valence-electron chi connectivity index (χ1n) is 7.76. The number of carboxylic acids is 1. The highest BCUT2D eigenvalue weighted by atomic mass is 16.4. The normalized spacial score (nSPS) is 12.6. The van der Waals surface area contributed by atoms with E-state index in [0.29, 0.717) is 30.8 Å². The van der Waals surface area contributed by atoms with Crippen LogP contribution < -0.4 is 5.43 Å². The number of hydrogen-bond donors (Lipinski definition) is 2. The molecule has 0 saturated carbocycles. The van der Waals surface area contributed by atoms with Gasteiger partial charge in [-0.05, 0) is 26.4 Å². The van der Waals surface area contributed by atoms with Gasteiger partial charge in [0.2, 0.25) is 5.43 Å². The van der Waals surface area contributed by atoms with Crippen LogP contribution in [-0.4, -0.2) is 38.7 Å². The molecule has 1 unspecified atom stereocenters. The summed E-state index contributed by atoms with van der Waals surface area (Å²) in [5, 5.41) is 19.7.